The first-order valence-corrected chi connectivity index (χ1v) is 11.4. The third kappa shape index (κ3) is 3.79. The molecule has 1 aliphatic heterocycles. The van der Waals surface area contributed by atoms with Crippen molar-refractivity contribution >= 4 is 28.6 Å². The number of amides is 1. The lowest BCUT2D eigenvalue weighted by atomic mass is 9.96. The van der Waals surface area contributed by atoms with Crippen LogP contribution in [-0.2, 0) is 0 Å². The maximum absolute atomic E-state index is 13.4. The minimum atomic E-state index is 0.0259. The van der Waals surface area contributed by atoms with Gasteiger partial charge in [0.25, 0.3) is 5.91 Å². The standard InChI is InChI=1S/C25H25ClN4O2/c1-16(2)23-20(15-27-30(23)19-7-5-6-18(26)14-19)25(31)29-12-10-17(11-13-29)24-28-21-8-3-4-9-22(21)32-24/h3-9,14-17H,10-13H2,1-2H3. The van der Waals surface area contributed by atoms with Crippen LogP contribution in [0.15, 0.2) is 59.1 Å². The van der Waals surface area contributed by atoms with Crippen LogP contribution < -0.4 is 0 Å². The van der Waals surface area contributed by atoms with E-state index >= 15 is 0 Å². The first kappa shape index (κ1) is 20.8. The molecular formula is C25H25ClN4O2. The normalized spacial score (nSPS) is 15.1. The third-order valence-corrected chi connectivity index (χ3v) is 6.31. The van der Waals surface area contributed by atoms with Gasteiger partial charge < -0.3 is 9.32 Å². The zero-order valence-electron chi connectivity index (χ0n) is 18.2. The van der Waals surface area contributed by atoms with Crippen molar-refractivity contribution in [2.75, 3.05) is 13.1 Å². The highest BCUT2D eigenvalue weighted by Crippen LogP contribution is 2.32. The number of para-hydroxylation sites is 2. The average molecular weight is 449 g/mol. The quantitative estimate of drug-likeness (QED) is 0.395. The Labute approximate surface area is 191 Å². The smallest absolute Gasteiger partial charge is 0.257 e. The Kier molecular flexibility index (Phi) is 5.47. The minimum Gasteiger partial charge on any atom is -0.440 e. The van der Waals surface area contributed by atoms with E-state index in [1.165, 1.54) is 0 Å². The lowest BCUT2D eigenvalue weighted by Gasteiger charge is -2.30. The van der Waals surface area contributed by atoms with Gasteiger partial charge in [-0.05, 0) is 49.1 Å². The highest BCUT2D eigenvalue weighted by Gasteiger charge is 2.30. The number of rotatable bonds is 4. The molecular weight excluding hydrogens is 424 g/mol. The lowest BCUT2D eigenvalue weighted by Crippen LogP contribution is -2.38. The minimum absolute atomic E-state index is 0.0259. The van der Waals surface area contributed by atoms with Crippen LogP contribution in [0.25, 0.3) is 16.8 Å². The van der Waals surface area contributed by atoms with E-state index in [4.69, 9.17) is 16.0 Å². The molecule has 0 atom stereocenters. The van der Waals surface area contributed by atoms with Crippen LogP contribution in [0.2, 0.25) is 5.02 Å². The van der Waals surface area contributed by atoms with Gasteiger partial charge in [-0.15, -0.1) is 0 Å². The van der Waals surface area contributed by atoms with Crippen LogP contribution in [-0.4, -0.2) is 38.7 Å². The first-order valence-electron chi connectivity index (χ1n) is 11.0. The van der Waals surface area contributed by atoms with Gasteiger partial charge in [0.1, 0.15) is 5.52 Å². The van der Waals surface area contributed by atoms with Crippen LogP contribution in [0.4, 0.5) is 0 Å². The molecule has 0 spiro atoms. The zero-order chi connectivity index (χ0) is 22.2. The van der Waals surface area contributed by atoms with Crippen LogP contribution in [0, 0.1) is 0 Å². The largest absolute Gasteiger partial charge is 0.440 e. The predicted molar refractivity (Wildman–Crippen MR) is 125 cm³/mol. The third-order valence-electron chi connectivity index (χ3n) is 6.08. The van der Waals surface area contributed by atoms with Gasteiger partial charge in [-0.1, -0.05) is 43.6 Å². The molecule has 3 heterocycles. The highest BCUT2D eigenvalue weighted by molar-refractivity contribution is 6.30. The number of halogens is 1. The SMILES string of the molecule is CC(C)c1c(C(=O)N2CCC(c3nc4ccccc4o3)CC2)cnn1-c1cccc(Cl)c1. The van der Waals surface area contributed by atoms with E-state index in [-0.39, 0.29) is 17.7 Å². The molecule has 0 aliphatic carbocycles. The number of hydrogen-bond donors (Lipinski definition) is 0. The monoisotopic (exact) mass is 448 g/mol. The van der Waals surface area contributed by atoms with Gasteiger partial charge in [0, 0.05) is 24.0 Å². The molecule has 1 saturated heterocycles. The summed E-state index contributed by atoms with van der Waals surface area (Å²) < 4.78 is 7.79. The van der Waals surface area contributed by atoms with Crippen molar-refractivity contribution in [3.05, 3.63) is 76.9 Å². The van der Waals surface area contributed by atoms with E-state index in [0.29, 0.717) is 23.7 Å². The summed E-state index contributed by atoms with van der Waals surface area (Å²) in [4.78, 5) is 20.0. The molecule has 0 N–H and O–H groups in total. The van der Waals surface area contributed by atoms with Crippen LogP contribution >= 0.6 is 11.6 Å². The molecule has 0 unspecified atom stereocenters. The number of hydrogen-bond acceptors (Lipinski definition) is 4. The molecule has 1 aliphatic rings. The zero-order valence-corrected chi connectivity index (χ0v) is 18.9. The molecule has 1 fully saturated rings. The fourth-order valence-electron chi connectivity index (χ4n) is 4.46. The summed E-state index contributed by atoms with van der Waals surface area (Å²) in [5.41, 5.74) is 4.11. The summed E-state index contributed by atoms with van der Waals surface area (Å²) in [5.74, 6) is 1.16. The number of likely N-dealkylation sites (tertiary alicyclic amines) is 1. The molecule has 5 rings (SSSR count). The second kappa shape index (κ2) is 8.43. The van der Waals surface area contributed by atoms with Crippen molar-refractivity contribution < 1.29 is 9.21 Å². The maximum Gasteiger partial charge on any atom is 0.257 e. The van der Waals surface area contributed by atoms with Gasteiger partial charge in [0.15, 0.2) is 11.5 Å². The van der Waals surface area contributed by atoms with Crippen molar-refractivity contribution in [1.82, 2.24) is 19.7 Å². The number of carbonyl (C=O) groups excluding carboxylic acids is 1. The summed E-state index contributed by atoms with van der Waals surface area (Å²) in [6.45, 7) is 5.49. The van der Waals surface area contributed by atoms with E-state index in [1.807, 2.05) is 58.1 Å². The Bertz CT molecular complexity index is 1230. The number of aromatic nitrogens is 3. The number of carbonyl (C=O) groups is 1. The number of fused-ring (bicyclic) bond motifs is 1. The number of piperidine rings is 1. The predicted octanol–water partition coefficient (Wildman–Crippen LogP) is 5.81. The number of oxazole rings is 1. The lowest BCUT2D eigenvalue weighted by molar-refractivity contribution is 0.0705. The van der Waals surface area contributed by atoms with Crippen LogP contribution in [0.1, 0.15) is 60.5 Å². The molecule has 164 valence electrons. The first-order chi connectivity index (χ1) is 15.5. The second-order valence-electron chi connectivity index (χ2n) is 8.58. The molecule has 4 aromatic rings. The van der Waals surface area contributed by atoms with Gasteiger partial charge in [-0.25, -0.2) is 9.67 Å². The summed E-state index contributed by atoms with van der Waals surface area (Å²) in [7, 11) is 0. The summed E-state index contributed by atoms with van der Waals surface area (Å²) >= 11 is 6.18. The van der Waals surface area contributed by atoms with E-state index in [9.17, 15) is 4.79 Å². The van der Waals surface area contributed by atoms with Gasteiger partial charge in [0.05, 0.1) is 23.1 Å². The fourth-order valence-corrected chi connectivity index (χ4v) is 4.64. The Morgan fingerprint density at radius 1 is 1.12 bits per heavy atom. The van der Waals surface area contributed by atoms with Crippen LogP contribution in [0.3, 0.4) is 0 Å². The van der Waals surface area contributed by atoms with Gasteiger partial charge in [0.2, 0.25) is 0 Å². The van der Waals surface area contributed by atoms with Gasteiger partial charge in [-0.3, -0.25) is 4.79 Å². The Hall–Kier alpha value is -3.12. The van der Waals surface area contributed by atoms with Gasteiger partial charge in [-0.2, -0.15) is 5.10 Å². The molecule has 2 aromatic heterocycles. The summed E-state index contributed by atoms with van der Waals surface area (Å²) in [5, 5.41) is 5.18. The average Bonchev–Trinajstić information content (AvgIpc) is 3.43. The van der Waals surface area contributed by atoms with Crippen molar-refractivity contribution in [2.45, 2.75) is 38.5 Å². The topological polar surface area (TPSA) is 64.2 Å². The Balaban J connectivity index is 1.35. The molecule has 2 aromatic carbocycles. The van der Waals surface area contributed by atoms with Gasteiger partial charge >= 0.3 is 0 Å². The van der Waals surface area contributed by atoms with E-state index in [0.717, 1.165) is 41.2 Å². The molecule has 0 radical (unpaired) electrons. The summed E-state index contributed by atoms with van der Waals surface area (Å²) in [6.07, 6.45) is 3.35. The van der Waals surface area contributed by atoms with Crippen molar-refractivity contribution in [3.8, 4) is 5.69 Å². The Morgan fingerprint density at radius 3 is 2.62 bits per heavy atom. The van der Waals surface area contributed by atoms with Crippen molar-refractivity contribution in [1.29, 1.82) is 0 Å². The number of nitrogens with zero attached hydrogens (tertiary/aromatic N) is 4. The Morgan fingerprint density at radius 2 is 1.91 bits per heavy atom. The summed E-state index contributed by atoms with van der Waals surface area (Å²) in [6, 6.07) is 15.4. The number of benzene rings is 2. The van der Waals surface area contributed by atoms with Crippen LogP contribution in [0.5, 0.6) is 0 Å². The molecule has 1 amide bonds. The molecule has 6 nitrogen and oxygen atoms in total. The molecule has 7 heteroatoms. The molecule has 0 bridgehead atoms. The highest BCUT2D eigenvalue weighted by atomic mass is 35.5. The molecule has 0 saturated carbocycles. The molecule has 32 heavy (non-hydrogen) atoms. The van der Waals surface area contributed by atoms with E-state index in [1.54, 1.807) is 6.20 Å². The maximum atomic E-state index is 13.4. The van der Waals surface area contributed by atoms with Crippen molar-refractivity contribution in [2.24, 2.45) is 0 Å². The van der Waals surface area contributed by atoms with E-state index in [2.05, 4.69) is 23.9 Å². The second-order valence-corrected chi connectivity index (χ2v) is 9.01. The van der Waals surface area contributed by atoms with Crippen molar-refractivity contribution in [3.63, 3.8) is 0 Å². The van der Waals surface area contributed by atoms with E-state index < -0.39 is 0 Å². The fraction of sp³-hybridized carbons (Fsp3) is 0.320.